The smallest absolute Gasteiger partial charge is 0.0915 e. The molecule has 1 aliphatic carbocycles. The Kier molecular flexibility index (Phi) is 3.50. The standard InChI is InChI=1S/C13H22BrNO2/c1-7-10-5-9(6-16)17-13(10)11-4-8(14)2-3-12(11)15-7/h7-13,15-16H,2-6H2,1H3/p+1/t7?,8?,9-,10?,11?,12?,13?/m0/s1. The summed E-state index contributed by atoms with van der Waals surface area (Å²) in [6, 6.07) is 1.40. The van der Waals surface area contributed by atoms with Gasteiger partial charge in [-0.3, -0.25) is 0 Å². The van der Waals surface area contributed by atoms with Crippen LogP contribution in [0.1, 0.15) is 32.6 Å². The highest BCUT2D eigenvalue weighted by Gasteiger charge is 2.52. The van der Waals surface area contributed by atoms with E-state index in [1.165, 1.54) is 19.3 Å². The second-order valence-corrected chi connectivity index (χ2v) is 7.39. The van der Waals surface area contributed by atoms with Gasteiger partial charge >= 0.3 is 0 Å². The Balaban J connectivity index is 1.78. The van der Waals surface area contributed by atoms with Gasteiger partial charge in [-0.25, -0.2) is 0 Å². The largest absolute Gasteiger partial charge is 0.394 e. The zero-order valence-electron chi connectivity index (χ0n) is 10.4. The van der Waals surface area contributed by atoms with Gasteiger partial charge in [0.1, 0.15) is 0 Å². The minimum absolute atomic E-state index is 0.0929. The maximum absolute atomic E-state index is 9.30. The third-order valence-corrected chi connectivity index (χ3v) is 5.88. The predicted molar refractivity (Wildman–Crippen MR) is 69.1 cm³/mol. The normalized spacial score (nSPS) is 54.2. The number of hydrogen-bond acceptors (Lipinski definition) is 2. The molecule has 3 nitrogen and oxygen atoms in total. The van der Waals surface area contributed by atoms with Crippen molar-refractivity contribution in [3.8, 4) is 0 Å². The van der Waals surface area contributed by atoms with Gasteiger partial charge in [0, 0.05) is 23.1 Å². The number of fused-ring (bicyclic) bond motifs is 3. The molecule has 0 amide bonds. The Morgan fingerprint density at radius 1 is 1.29 bits per heavy atom. The van der Waals surface area contributed by atoms with Crippen molar-refractivity contribution < 1.29 is 15.2 Å². The molecule has 4 heteroatoms. The molecule has 0 aromatic heterocycles. The molecule has 0 spiro atoms. The van der Waals surface area contributed by atoms with Gasteiger partial charge in [-0.15, -0.1) is 0 Å². The van der Waals surface area contributed by atoms with E-state index in [2.05, 4.69) is 28.2 Å². The van der Waals surface area contributed by atoms with Crippen LogP contribution in [0.3, 0.4) is 0 Å². The molecule has 17 heavy (non-hydrogen) atoms. The van der Waals surface area contributed by atoms with Gasteiger partial charge in [0.15, 0.2) is 0 Å². The number of hydrogen-bond donors (Lipinski definition) is 2. The van der Waals surface area contributed by atoms with Gasteiger partial charge < -0.3 is 15.2 Å². The predicted octanol–water partition coefficient (Wildman–Crippen LogP) is 0.650. The second-order valence-electron chi connectivity index (χ2n) is 6.09. The van der Waals surface area contributed by atoms with Crippen LogP contribution in [0, 0.1) is 11.8 Å². The summed E-state index contributed by atoms with van der Waals surface area (Å²) in [5.41, 5.74) is 0. The van der Waals surface area contributed by atoms with E-state index in [1.807, 2.05) is 0 Å². The average molecular weight is 305 g/mol. The molecule has 3 aliphatic rings. The molecule has 0 bridgehead atoms. The summed E-state index contributed by atoms with van der Waals surface area (Å²) in [4.78, 5) is 0.669. The summed E-state index contributed by atoms with van der Waals surface area (Å²) in [5.74, 6) is 1.33. The van der Waals surface area contributed by atoms with Gasteiger partial charge in [-0.05, 0) is 26.2 Å². The average Bonchev–Trinajstić information content (AvgIpc) is 2.75. The van der Waals surface area contributed by atoms with Gasteiger partial charge in [0.05, 0.1) is 30.9 Å². The molecule has 0 aromatic rings. The van der Waals surface area contributed by atoms with Gasteiger partial charge in [-0.1, -0.05) is 15.9 Å². The van der Waals surface area contributed by atoms with Crippen LogP contribution in [0.15, 0.2) is 0 Å². The first kappa shape index (κ1) is 12.4. The Morgan fingerprint density at radius 3 is 2.88 bits per heavy atom. The summed E-state index contributed by atoms with van der Waals surface area (Å²) in [6.45, 7) is 2.52. The lowest BCUT2D eigenvalue weighted by Crippen LogP contribution is -3.00. The van der Waals surface area contributed by atoms with E-state index in [-0.39, 0.29) is 12.7 Å². The van der Waals surface area contributed by atoms with Crippen molar-refractivity contribution in [1.29, 1.82) is 0 Å². The summed E-state index contributed by atoms with van der Waals surface area (Å²) in [5, 5.41) is 11.9. The molecule has 2 heterocycles. The molecule has 98 valence electrons. The number of halogens is 1. The van der Waals surface area contributed by atoms with Crippen molar-refractivity contribution in [3.63, 3.8) is 0 Å². The maximum Gasteiger partial charge on any atom is 0.0915 e. The Hall–Kier alpha value is 0.360. The van der Waals surface area contributed by atoms with Crippen molar-refractivity contribution in [1.82, 2.24) is 0 Å². The van der Waals surface area contributed by atoms with E-state index < -0.39 is 0 Å². The first-order valence-electron chi connectivity index (χ1n) is 6.94. The van der Waals surface area contributed by atoms with Crippen LogP contribution in [0.4, 0.5) is 0 Å². The Labute approximate surface area is 111 Å². The lowest BCUT2D eigenvalue weighted by atomic mass is 9.71. The number of piperidine rings is 1. The zero-order chi connectivity index (χ0) is 12.0. The second kappa shape index (κ2) is 4.80. The maximum atomic E-state index is 9.30. The molecule has 1 saturated carbocycles. The molecule has 7 atom stereocenters. The van der Waals surface area contributed by atoms with Gasteiger partial charge in [-0.2, -0.15) is 0 Å². The minimum atomic E-state index is 0.0929. The van der Waals surface area contributed by atoms with Crippen molar-refractivity contribution in [2.24, 2.45) is 11.8 Å². The molecular formula is C13H23BrNO2+. The lowest BCUT2D eigenvalue weighted by Gasteiger charge is -2.44. The molecule has 0 aromatic carbocycles. The van der Waals surface area contributed by atoms with Crippen LogP contribution in [0.5, 0.6) is 0 Å². The summed E-state index contributed by atoms with van der Waals surface area (Å²) in [6.07, 6.45) is 5.39. The molecule has 0 radical (unpaired) electrons. The number of ether oxygens (including phenoxy) is 1. The molecule has 2 aliphatic heterocycles. The first-order valence-corrected chi connectivity index (χ1v) is 7.86. The van der Waals surface area contributed by atoms with E-state index in [0.717, 1.165) is 12.5 Å². The molecule has 6 unspecified atom stereocenters. The SMILES string of the molecule is CC1[NH2+]C2CCC(Br)CC2C2O[C@H](CO)CC12. The van der Waals surface area contributed by atoms with Crippen LogP contribution in [-0.4, -0.2) is 40.8 Å². The number of alkyl halides is 1. The highest BCUT2D eigenvalue weighted by molar-refractivity contribution is 9.09. The monoisotopic (exact) mass is 304 g/mol. The number of quaternary nitrogens is 1. The number of rotatable bonds is 1. The molecular weight excluding hydrogens is 282 g/mol. The van der Waals surface area contributed by atoms with E-state index >= 15 is 0 Å². The summed E-state index contributed by atoms with van der Waals surface area (Å²) >= 11 is 3.78. The minimum Gasteiger partial charge on any atom is -0.394 e. The highest BCUT2D eigenvalue weighted by Crippen LogP contribution is 2.42. The quantitative estimate of drug-likeness (QED) is 0.699. The van der Waals surface area contributed by atoms with Crippen LogP contribution in [-0.2, 0) is 4.74 Å². The van der Waals surface area contributed by atoms with Crippen LogP contribution < -0.4 is 5.32 Å². The van der Waals surface area contributed by atoms with Gasteiger partial charge in [0.25, 0.3) is 0 Å². The molecule has 3 fully saturated rings. The molecule has 3 rings (SSSR count). The molecule has 2 saturated heterocycles. The Morgan fingerprint density at radius 2 is 2.12 bits per heavy atom. The number of aliphatic hydroxyl groups is 1. The van der Waals surface area contributed by atoms with E-state index in [9.17, 15) is 5.11 Å². The Bertz CT molecular complexity index is 289. The number of aliphatic hydroxyl groups excluding tert-OH is 1. The van der Waals surface area contributed by atoms with Crippen molar-refractivity contribution >= 4 is 15.9 Å². The van der Waals surface area contributed by atoms with Crippen LogP contribution in [0.2, 0.25) is 0 Å². The highest BCUT2D eigenvalue weighted by atomic mass is 79.9. The van der Waals surface area contributed by atoms with Crippen molar-refractivity contribution in [2.45, 2.75) is 61.7 Å². The van der Waals surface area contributed by atoms with Crippen molar-refractivity contribution in [2.75, 3.05) is 6.61 Å². The zero-order valence-corrected chi connectivity index (χ0v) is 12.0. The van der Waals surface area contributed by atoms with E-state index in [4.69, 9.17) is 4.74 Å². The summed E-state index contributed by atoms with van der Waals surface area (Å²) < 4.78 is 6.11. The van der Waals surface area contributed by atoms with Crippen molar-refractivity contribution in [3.05, 3.63) is 0 Å². The lowest BCUT2D eigenvalue weighted by molar-refractivity contribution is -0.744. The fourth-order valence-electron chi connectivity index (χ4n) is 4.19. The third kappa shape index (κ3) is 2.18. The summed E-state index contributed by atoms with van der Waals surface area (Å²) in [7, 11) is 0. The van der Waals surface area contributed by atoms with Crippen LogP contribution >= 0.6 is 15.9 Å². The first-order chi connectivity index (χ1) is 8.19. The topological polar surface area (TPSA) is 46.1 Å². The fraction of sp³-hybridized carbons (Fsp3) is 1.00. The molecule has 3 N–H and O–H groups in total. The number of nitrogens with two attached hydrogens (primary N) is 1. The van der Waals surface area contributed by atoms with E-state index in [1.54, 1.807) is 0 Å². The van der Waals surface area contributed by atoms with Crippen LogP contribution in [0.25, 0.3) is 0 Å². The third-order valence-electron chi connectivity index (χ3n) is 5.05. The van der Waals surface area contributed by atoms with E-state index in [0.29, 0.717) is 28.8 Å². The van der Waals surface area contributed by atoms with Gasteiger partial charge in [0.2, 0.25) is 0 Å². The fourth-order valence-corrected chi connectivity index (χ4v) is 4.89.